The fraction of sp³-hybridized carbons (Fsp3) is 0.188. The van der Waals surface area contributed by atoms with E-state index in [1.165, 1.54) is 18.2 Å². The Morgan fingerprint density at radius 3 is 2.62 bits per heavy atom. The summed E-state index contributed by atoms with van der Waals surface area (Å²) in [6.45, 7) is 0.138. The van der Waals surface area contributed by atoms with Gasteiger partial charge in [-0.3, -0.25) is 0 Å². The zero-order valence-corrected chi connectivity index (χ0v) is 12.2. The number of alkyl halides is 3. The van der Waals surface area contributed by atoms with Crippen molar-refractivity contribution in [2.75, 3.05) is 6.61 Å². The summed E-state index contributed by atoms with van der Waals surface area (Å²) in [5.41, 5.74) is 6.82. The molecule has 1 aliphatic heterocycles. The molecule has 1 heterocycles. The molecule has 1 atom stereocenters. The van der Waals surface area contributed by atoms with E-state index in [0.29, 0.717) is 22.4 Å². The Morgan fingerprint density at radius 2 is 1.92 bits per heavy atom. The number of carbonyl (C=O) groups excluding carboxylic acids is 1. The fourth-order valence-electron chi connectivity index (χ4n) is 2.47. The van der Waals surface area contributed by atoms with Crippen LogP contribution in [0, 0.1) is 0 Å². The highest BCUT2D eigenvalue weighted by molar-refractivity contribution is 5.69. The number of fused-ring (bicyclic) bond motifs is 1. The average Bonchev–Trinajstić information content (AvgIpc) is 2.87. The highest BCUT2D eigenvalue weighted by Crippen LogP contribution is 2.38. The molecule has 2 aromatic carbocycles. The van der Waals surface area contributed by atoms with E-state index in [-0.39, 0.29) is 12.4 Å². The van der Waals surface area contributed by atoms with Crippen molar-refractivity contribution >= 4 is 6.09 Å². The smallest absolute Gasteiger partial charge is 0.489 e. The summed E-state index contributed by atoms with van der Waals surface area (Å²) in [5, 5.41) is 0. The van der Waals surface area contributed by atoms with Gasteiger partial charge in [-0.1, -0.05) is 24.3 Å². The molecule has 24 heavy (non-hydrogen) atoms. The first-order chi connectivity index (χ1) is 11.3. The lowest BCUT2D eigenvalue weighted by molar-refractivity contribution is -0.274. The molecule has 5 nitrogen and oxygen atoms in total. The number of primary amides is 1. The van der Waals surface area contributed by atoms with Gasteiger partial charge in [-0.25, -0.2) is 4.79 Å². The van der Waals surface area contributed by atoms with Crippen LogP contribution in [0.15, 0.2) is 42.5 Å². The second kappa shape index (κ2) is 5.95. The first-order valence-corrected chi connectivity index (χ1v) is 6.91. The normalized spacial score (nSPS) is 16.2. The first kappa shape index (κ1) is 16.0. The molecule has 2 aromatic rings. The summed E-state index contributed by atoms with van der Waals surface area (Å²) in [6, 6.07) is 10.6. The Balaban J connectivity index is 1.87. The maximum absolute atomic E-state index is 12.3. The fourth-order valence-corrected chi connectivity index (χ4v) is 2.47. The van der Waals surface area contributed by atoms with Crippen molar-refractivity contribution < 1.29 is 32.2 Å². The topological polar surface area (TPSA) is 70.8 Å². The highest BCUT2D eigenvalue weighted by Gasteiger charge is 2.31. The summed E-state index contributed by atoms with van der Waals surface area (Å²) in [6.07, 6.45) is -6.25. The van der Waals surface area contributed by atoms with Crippen LogP contribution in [0.25, 0.3) is 11.1 Å². The zero-order chi connectivity index (χ0) is 17.3. The lowest BCUT2D eigenvalue weighted by Gasteiger charge is -2.11. The van der Waals surface area contributed by atoms with Gasteiger partial charge < -0.3 is 19.9 Å². The van der Waals surface area contributed by atoms with Crippen LogP contribution in [0.1, 0.15) is 11.7 Å². The van der Waals surface area contributed by atoms with Crippen LogP contribution in [0.5, 0.6) is 11.5 Å². The van der Waals surface area contributed by atoms with Gasteiger partial charge in [-0.15, -0.1) is 13.2 Å². The molecule has 0 aromatic heterocycles. The first-order valence-electron chi connectivity index (χ1n) is 6.91. The number of amides is 1. The predicted molar refractivity (Wildman–Crippen MR) is 77.5 cm³/mol. The number of carbonyl (C=O) groups is 1. The van der Waals surface area contributed by atoms with Gasteiger partial charge in [0, 0.05) is 5.56 Å². The van der Waals surface area contributed by atoms with Crippen molar-refractivity contribution in [3.63, 3.8) is 0 Å². The van der Waals surface area contributed by atoms with Crippen LogP contribution < -0.4 is 15.2 Å². The molecule has 1 unspecified atom stereocenters. The standard InChI is InChI=1S/C16H12F3NO4/c17-16(18,19)24-11-3-1-2-9(6-11)10-4-5-12-13(7-10)22-8-14(12)23-15(20)21/h1-7,14H,8H2,(H2,20,21). The molecule has 8 heteroatoms. The lowest BCUT2D eigenvalue weighted by Crippen LogP contribution is -2.18. The van der Waals surface area contributed by atoms with E-state index in [4.69, 9.17) is 15.2 Å². The van der Waals surface area contributed by atoms with Gasteiger partial charge in [0.15, 0.2) is 6.10 Å². The van der Waals surface area contributed by atoms with Crippen molar-refractivity contribution in [3.05, 3.63) is 48.0 Å². The van der Waals surface area contributed by atoms with Crippen molar-refractivity contribution in [3.8, 4) is 22.6 Å². The molecule has 0 fully saturated rings. The number of hydrogen-bond donors (Lipinski definition) is 1. The van der Waals surface area contributed by atoms with E-state index in [9.17, 15) is 18.0 Å². The number of hydrogen-bond acceptors (Lipinski definition) is 4. The molecule has 0 radical (unpaired) electrons. The summed E-state index contributed by atoms with van der Waals surface area (Å²) < 4.78 is 51.2. The molecule has 1 aliphatic rings. The van der Waals surface area contributed by atoms with Gasteiger partial charge in [0.2, 0.25) is 0 Å². The third kappa shape index (κ3) is 3.53. The van der Waals surface area contributed by atoms with Gasteiger partial charge in [0.1, 0.15) is 18.1 Å². The Hall–Kier alpha value is -2.90. The average molecular weight is 339 g/mol. The molecule has 0 spiro atoms. The molecule has 0 saturated heterocycles. The zero-order valence-electron chi connectivity index (χ0n) is 12.2. The van der Waals surface area contributed by atoms with E-state index in [1.54, 1.807) is 24.3 Å². The Labute approximate surface area is 134 Å². The van der Waals surface area contributed by atoms with Gasteiger partial charge in [-0.2, -0.15) is 0 Å². The summed E-state index contributed by atoms with van der Waals surface area (Å²) in [5.74, 6) is 0.178. The van der Waals surface area contributed by atoms with Crippen LogP contribution in [0.4, 0.5) is 18.0 Å². The predicted octanol–water partition coefficient (Wildman–Crippen LogP) is 3.78. The largest absolute Gasteiger partial charge is 0.573 e. The second-order valence-electron chi connectivity index (χ2n) is 5.06. The van der Waals surface area contributed by atoms with Crippen LogP contribution in [0.3, 0.4) is 0 Å². The van der Waals surface area contributed by atoms with Gasteiger partial charge in [-0.05, 0) is 29.3 Å². The monoisotopic (exact) mass is 339 g/mol. The van der Waals surface area contributed by atoms with Crippen molar-refractivity contribution in [2.24, 2.45) is 5.73 Å². The molecule has 1 amide bonds. The molecule has 0 saturated carbocycles. The van der Waals surface area contributed by atoms with E-state index in [0.717, 1.165) is 0 Å². The third-order valence-electron chi connectivity index (χ3n) is 3.41. The van der Waals surface area contributed by atoms with Crippen molar-refractivity contribution in [2.45, 2.75) is 12.5 Å². The van der Waals surface area contributed by atoms with E-state index >= 15 is 0 Å². The SMILES string of the molecule is NC(=O)OC1COc2cc(-c3cccc(OC(F)(F)F)c3)ccc21. The molecular formula is C16H12F3NO4. The molecule has 2 N–H and O–H groups in total. The van der Waals surface area contributed by atoms with Crippen LogP contribution in [-0.2, 0) is 4.74 Å². The summed E-state index contributed by atoms with van der Waals surface area (Å²) in [4.78, 5) is 10.8. The summed E-state index contributed by atoms with van der Waals surface area (Å²) in [7, 11) is 0. The molecule has 0 bridgehead atoms. The minimum Gasteiger partial charge on any atom is -0.489 e. The Bertz CT molecular complexity index is 776. The maximum atomic E-state index is 12.3. The van der Waals surface area contributed by atoms with Gasteiger partial charge >= 0.3 is 12.5 Å². The Morgan fingerprint density at radius 1 is 1.17 bits per heavy atom. The number of halogens is 3. The Kier molecular flexibility index (Phi) is 3.96. The van der Waals surface area contributed by atoms with Crippen LogP contribution >= 0.6 is 0 Å². The number of ether oxygens (including phenoxy) is 3. The quantitative estimate of drug-likeness (QED) is 0.924. The molecule has 3 rings (SSSR count). The third-order valence-corrected chi connectivity index (χ3v) is 3.41. The minimum atomic E-state index is -4.75. The van der Waals surface area contributed by atoms with E-state index in [2.05, 4.69) is 4.74 Å². The van der Waals surface area contributed by atoms with Crippen molar-refractivity contribution in [1.82, 2.24) is 0 Å². The van der Waals surface area contributed by atoms with Crippen LogP contribution in [-0.4, -0.2) is 19.1 Å². The van der Waals surface area contributed by atoms with E-state index in [1.807, 2.05) is 0 Å². The second-order valence-corrected chi connectivity index (χ2v) is 5.06. The van der Waals surface area contributed by atoms with Crippen LogP contribution in [0.2, 0.25) is 0 Å². The molecule has 0 aliphatic carbocycles. The number of rotatable bonds is 3. The number of benzene rings is 2. The van der Waals surface area contributed by atoms with Gasteiger partial charge in [0.25, 0.3) is 0 Å². The van der Waals surface area contributed by atoms with Gasteiger partial charge in [0.05, 0.1) is 0 Å². The lowest BCUT2D eigenvalue weighted by atomic mass is 10.0. The number of nitrogens with two attached hydrogens (primary N) is 1. The molecule has 126 valence electrons. The van der Waals surface area contributed by atoms with E-state index < -0.39 is 18.6 Å². The minimum absolute atomic E-state index is 0.138. The van der Waals surface area contributed by atoms with Crippen molar-refractivity contribution in [1.29, 1.82) is 0 Å². The molecular weight excluding hydrogens is 327 g/mol. The highest BCUT2D eigenvalue weighted by atomic mass is 19.4. The summed E-state index contributed by atoms with van der Waals surface area (Å²) >= 11 is 0. The maximum Gasteiger partial charge on any atom is 0.573 e.